The van der Waals surface area contributed by atoms with E-state index >= 15 is 0 Å². The number of rotatable bonds is 4. The molecule has 0 amide bonds. The Morgan fingerprint density at radius 3 is 2.20 bits per heavy atom. The predicted molar refractivity (Wildman–Crippen MR) is 66.8 cm³/mol. The summed E-state index contributed by atoms with van der Waals surface area (Å²) >= 11 is 0. The summed E-state index contributed by atoms with van der Waals surface area (Å²) in [5.41, 5.74) is 0. The molecule has 0 nitrogen and oxygen atoms in total. The van der Waals surface area contributed by atoms with Crippen LogP contribution in [0.4, 0.5) is 0 Å². The fourth-order valence-corrected chi connectivity index (χ4v) is 3.67. The molecule has 4 atom stereocenters. The van der Waals surface area contributed by atoms with E-state index in [-0.39, 0.29) is 0 Å². The molecule has 0 aliphatic heterocycles. The molecule has 0 N–H and O–H groups in total. The van der Waals surface area contributed by atoms with Crippen LogP contribution in [-0.2, 0) is 0 Å². The highest BCUT2D eigenvalue weighted by atomic mass is 14.4. The largest absolute Gasteiger partial charge is 0.0622 e. The second-order valence-electron chi connectivity index (χ2n) is 6.45. The van der Waals surface area contributed by atoms with Crippen LogP contribution in [0.2, 0.25) is 0 Å². The lowest BCUT2D eigenvalue weighted by Crippen LogP contribution is -2.17. The van der Waals surface area contributed by atoms with Crippen molar-refractivity contribution in [3.8, 4) is 0 Å². The molecule has 0 aromatic carbocycles. The van der Waals surface area contributed by atoms with E-state index in [1.165, 1.54) is 44.9 Å². The van der Waals surface area contributed by atoms with E-state index in [1.54, 1.807) is 0 Å². The third-order valence-corrected chi connectivity index (χ3v) is 5.17. The smallest absolute Gasteiger partial charge is 0.0357 e. The van der Waals surface area contributed by atoms with Crippen molar-refractivity contribution in [3.63, 3.8) is 0 Å². The zero-order valence-electron chi connectivity index (χ0n) is 10.8. The van der Waals surface area contributed by atoms with Crippen molar-refractivity contribution in [2.75, 3.05) is 0 Å². The van der Waals surface area contributed by atoms with Crippen LogP contribution in [0, 0.1) is 29.6 Å². The Bertz CT molecular complexity index is 190. The zero-order chi connectivity index (χ0) is 10.8. The van der Waals surface area contributed by atoms with Gasteiger partial charge in [-0.3, -0.25) is 0 Å². The van der Waals surface area contributed by atoms with E-state index < -0.39 is 0 Å². The quantitative estimate of drug-likeness (QED) is 0.617. The third-order valence-electron chi connectivity index (χ3n) is 5.17. The van der Waals surface area contributed by atoms with Crippen molar-refractivity contribution >= 4 is 0 Å². The summed E-state index contributed by atoms with van der Waals surface area (Å²) in [6.45, 7) is 7.43. The first-order valence-electron chi connectivity index (χ1n) is 7.18. The minimum Gasteiger partial charge on any atom is -0.0622 e. The first-order valence-corrected chi connectivity index (χ1v) is 7.18. The van der Waals surface area contributed by atoms with E-state index in [0.717, 1.165) is 29.6 Å². The van der Waals surface area contributed by atoms with Gasteiger partial charge in [-0.15, -0.1) is 0 Å². The van der Waals surface area contributed by atoms with Gasteiger partial charge in [0.25, 0.3) is 0 Å². The van der Waals surface area contributed by atoms with Gasteiger partial charge in [-0.1, -0.05) is 52.9 Å². The molecule has 0 aromatic heterocycles. The lowest BCUT2D eigenvalue weighted by atomic mass is 9.78. The lowest BCUT2D eigenvalue weighted by molar-refractivity contribution is 0.234. The predicted octanol–water partition coefficient (Wildman–Crippen LogP) is 4.89. The molecule has 0 heterocycles. The molecule has 2 aliphatic rings. The molecule has 88 valence electrons. The molecule has 0 spiro atoms. The molecular weight excluding hydrogens is 180 g/mol. The summed E-state index contributed by atoms with van der Waals surface area (Å²) < 4.78 is 0. The topological polar surface area (TPSA) is 0 Å². The van der Waals surface area contributed by atoms with Crippen molar-refractivity contribution in [1.29, 1.82) is 0 Å². The van der Waals surface area contributed by atoms with E-state index in [4.69, 9.17) is 0 Å². The molecule has 0 aromatic rings. The van der Waals surface area contributed by atoms with E-state index in [0.29, 0.717) is 0 Å². The Morgan fingerprint density at radius 1 is 1.07 bits per heavy atom. The van der Waals surface area contributed by atoms with Gasteiger partial charge in [0.15, 0.2) is 0 Å². The molecule has 15 heavy (non-hydrogen) atoms. The number of hydrogen-bond acceptors (Lipinski definition) is 0. The molecule has 0 bridgehead atoms. The fourth-order valence-electron chi connectivity index (χ4n) is 3.67. The van der Waals surface area contributed by atoms with Gasteiger partial charge in [-0.2, -0.15) is 0 Å². The van der Waals surface area contributed by atoms with Gasteiger partial charge in [0.05, 0.1) is 0 Å². The van der Waals surface area contributed by atoms with Gasteiger partial charge in [-0.25, -0.2) is 0 Å². The maximum atomic E-state index is 2.50. The standard InChI is InChI=1S/C15H28/c1-11(13(3)15-10-12(15)2)9-14-7-5-4-6-8-14/h11-15H,4-10H2,1-3H3. The first kappa shape index (κ1) is 11.5. The summed E-state index contributed by atoms with van der Waals surface area (Å²) in [5, 5.41) is 0. The second-order valence-corrected chi connectivity index (χ2v) is 6.45. The number of hydrogen-bond donors (Lipinski definition) is 0. The van der Waals surface area contributed by atoms with Gasteiger partial charge in [0.2, 0.25) is 0 Å². The summed E-state index contributed by atoms with van der Waals surface area (Å²) in [4.78, 5) is 0. The summed E-state index contributed by atoms with van der Waals surface area (Å²) in [7, 11) is 0. The SMILES string of the molecule is CC(CC1CCCCC1)C(C)C1CC1C. The van der Waals surface area contributed by atoms with Crippen LogP contribution in [0.3, 0.4) is 0 Å². The maximum Gasteiger partial charge on any atom is -0.0357 e. The van der Waals surface area contributed by atoms with Crippen LogP contribution < -0.4 is 0 Å². The lowest BCUT2D eigenvalue weighted by Gasteiger charge is -2.28. The fraction of sp³-hybridized carbons (Fsp3) is 1.00. The van der Waals surface area contributed by atoms with Crippen LogP contribution in [0.15, 0.2) is 0 Å². The van der Waals surface area contributed by atoms with Gasteiger partial charge >= 0.3 is 0 Å². The molecule has 2 fully saturated rings. The molecule has 4 unspecified atom stereocenters. The van der Waals surface area contributed by atoms with Crippen molar-refractivity contribution < 1.29 is 0 Å². The minimum absolute atomic E-state index is 0.975. The third kappa shape index (κ3) is 2.98. The van der Waals surface area contributed by atoms with Crippen molar-refractivity contribution in [3.05, 3.63) is 0 Å². The van der Waals surface area contributed by atoms with Crippen LogP contribution in [0.25, 0.3) is 0 Å². The van der Waals surface area contributed by atoms with E-state index in [9.17, 15) is 0 Å². The second kappa shape index (κ2) is 4.89. The molecular formula is C15H28. The molecule has 0 radical (unpaired) electrons. The highest BCUT2D eigenvalue weighted by Crippen LogP contribution is 2.47. The minimum atomic E-state index is 0.975. The average molecular weight is 208 g/mol. The first-order chi connectivity index (χ1) is 7.18. The monoisotopic (exact) mass is 208 g/mol. The van der Waals surface area contributed by atoms with Gasteiger partial charge in [0, 0.05) is 0 Å². The Kier molecular flexibility index (Phi) is 3.74. The molecule has 0 saturated heterocycles. The van der Waals surface area contributed by atoms with Crippen molar-refractivity contribution in [2.45, 2.75) is 65.7 Å². The van der Waals surface area contributed by atoms with Crippen LogP contribution in [0.5, 0.6) is 0 Å². The Labute approximate surface area is 95.8 Å². The Hall–Kier alpha value is 0. The summed E-state index contributed by atoms with van der Waals surface area (Å²) in [6, 6.07) is 0. The maximum absolute atomic E-state index is 2.50. The van der Waals surface area contributed by atoms with Gasteiger partial charge in [-0.05, 0) is 42.4 Å². The highest BCUT2D eigenvalue weighted by molar-refractivity contribution is 4.88. The Balaban J connectivity index is 1.72. The molecule has 0 heteroatoms. The normalized spacial score (nSPS) is 36.2. The van der Waals surface area contributed by atoms with Crippen molar-refractivity contribution in [2.24, 2.45) is 29.6 Å². The zero-order valence-corrected chi connectivity index (χ0v) is 10.8. The molecule has 2 aliphatic carbocycles. The summed E-state index contributed by atoms with van der Waals surface area (Å²) in [5.74, 6) is 5.15. The average Bonchev–Trinajstić information content (AvgIpc) is 2.96. The van der Waals surface area contributed by atoms with E-state index in [1.807, 2.05) is 0 Å². The Morgan fingerprint density at radius 2 is 1.67 bits per heavy atom. The summed E-state index contributed by atoms with van der Waals surface area (Å²) in [6.07, 6.45) is 10.6. The van der Waals surface area contributed by atoms with Crippen LogP contribution in [-0.4, -0.2) is 0 Å². The molecule has 2 rings (SSSR count). The van der Waals surface area contributed by atoms with Crippen LogP contribution in [0.1, 0.15) is 65.7 Å². The van der Waals surface area contributed by atoms with Gasteiger partial charge < -0.3 is 0 Å². The molecule has 2 saturated carbocycles. The van der Waals surface area contributed by atoms with Crippen molar-refractivity contribution in [1.82, 2.24) is 0 Å². The highest BCUT2D eigenvalue weighted by Gasteiger charge is 2.39. The van der Waals surface area contributed by atoms with Gasteiger partial charge in [0.1, 0.15) is 0 Å². The van der Waals surface area contributed by atoms with Crippen LogP contribution >= 0.6 is 0 Å². The van der Waals surface area contributed by atoms with E-state index in [2.05, 4.69) is 20.8 Å².